The Kier molecular flexibility index (Phi) is 12.9. The van der Waals surface area contributed by atoms with Gasteiger partial charge in [-0.1, -0.05) is 198 Å². The highest BCUT2D eigenvalue weighted by Gasteiger charge is 2.32. The summed E-state index contributed by atoms with van der Waals surface area (Å²) in [4.78, 5) is 0. The average Bonchev–Trinajstić information content (AvgIpc) is 3.10. The molecule has 5 rings (SSSR count). The Balaban J connectivity index is 1.53. The number of unbranched alkanes of at least 4 members (excludes halogenated alkanes) is 1. The first-order valence-corrected chi connectivity index (χ1v) is 20.4. The van der Waals surface area contributed by atoms with E-state index >= 15 is 0 Å². The van der Waals surface area contributed by atoms with E-state index in [2.05, 4.69) is 204 Å². The fourth-order valence-corrected chi connectivity index (χ4v) is 10.4. The summed E-state index contributed by atoms with van der Waals surface area (Å²) in [5, 5.41) is 1.66. The molecule has 0 aliphatic heterocycles. The maximum atomic E-state index is 3.65. The van der Waals surface area contributed by atoms with Crippen LogP contribution in [0.15, 0.2) is 160 Å². The molecule has 0 bridgehead atoms. The third kappa shape index (κ3) is 9.89. The van der Waals surface area contributed by atoms with Crippen LogP contribution in [0.5, 0.6) is 0 Å². The van der Waals surface area contributed by atoms with Crippen LogP contribution in [0, 0.1) is 5.92 Å². The van der Waals surface area contributed by atoms with Gasteiger partial charge in [-0.05, 0) is 87.9 Å². The SMILES string of the molecule is CCCCC(C=C(c1ccccc1)c1ccc(Br)cc1)CCC(C)(C)[SiH](C=C(c1ccccc1)c1ccc(Br)cc1)c1ccccc1. The van der Waals surface area contributed by atoms with Gasteiger partial charge in [0.25, 0.3) is 0 Å². The molecule has 0 aliphatic carbocycles. The van der Waals surface area contributed by atoms with E-state index in [1.54, 1.807) is 0 Å². The second kappa shape index (κ2) is 17.2. The highest BCUT2D eigenvalue weighted by atomic mass is 79.9. The van der Waals surface area contributed by atoms with Crippen molar-refractivity contribution < 1.29 is 0 Å². The van der Waals surface area contributed by atoms with Crippen molar-refractivity contribution in [2.24, 2.45) is 5.92 Å². The third-order valence-electron chi connectivity index (χ3n) is 9.30. The molecule has 0 fully saturated rings. The van der Waals surface area contributed by atoms with Gasteiger partial charge in [0.15, 0.2) is 0 Å². The maximum absolute atomic E-state index is 3.65. The summed E-state index contributed by atoms with van der Waals surface area (Å²) in [6, 6.07) is 50.9. The number of allylic oxidation sites excluding steroid dienone is 1. The van der Waals surface area contributed by atoms with E-state index < -0.39 is 8.80 Å². The zero-order chi connectivity index (χ0) is 33.1. The Morgan fingerprint density at radius 2 is 1.04 bits per heavy atom. The van der Waals surface area contributed by atoms with Gasteiger partial charge in [0.05, 0.1) is 0 Å². The van der Waals surface area contributed by atoms with Crippen molar-refractivity contribution in [2.75, 3.05) is 0 Å². The van der Waals surface area contributed by atoms with Gasteiger partial charge in [-0.3, -0.25) is 0 Å². The summed E-state index contributed by atoms with van der Waals surface area (Å²) in [6.07, 6.45) is 8.60. The first-order valence-electron chi connectivity index (χ1n) is 17.0. The van der Waals surface area contributed by atoms with Crippen LogP contribution in [0.1, 0.15) is 75.1 Å². The fraction of sp³-hybridized carbons (Fsp3) is 0.227. The topological polar surface area (TPSA) is 0 Å². The fourth-order valence-electron chi connectivity index (χ4n) is 6.54. The van der Waals surface area contributed by atoms with Gasteiger partial charge in [-0.2, -0.15) is 0 Å². The molecule has 2 unspecified atom stereocenters. The molecule has 0 radical (unpaired) electrons. The lowest BCUT2D eigenvalue weighted by Gasteiger charge is -2.34. The monoisotopic (exact) mass is 760 g/mol. The highest BCUT2D eigenvalue weighted by molar-refractivity contribution is 9.10. The molecular weight excluding hydrogens is 716 g/mol. The Bertz CT molecular complexity index is 1720. The Hall–Kier alpha value is -3.24. The van der Waals surface area contributed by atoms with Gasteiger partial charge in [0.2, 0.25) is 0 Å². The van der Waals surface area contributed by atoms with Gasteiger partial charge in [0.1, 0.15) is 8.80 Å². The van der Waals surface area contributed by atoms with E-state index in [-0.39, 0.29) is 5.04 Å². The molecular formula is C44H46Br2Si. The van der Waals surface area contributed by atoms with Crippen LogP contribution in [-0.2, 0) is 0 Å². The van der Waals surface area contributed by atoms with Gasteiger partial charge < -0.3 is 0 Å². The average molecular weight is 763 g/mol. The van der Waals surface area contributed by atoms with Crippen molar-refractivity contribution in [1.82, 2.24) is 0 Å². The quantitative estimate of drug-likeness (QED) is 0.0989. The predicted molar refractivity (Wildman–Crippen MR) is 215 cm³/mol. The second-order valence-corrected chi connectivity index (χ2v) is 18.6. The molecule has 0 saturated heterocycles. The lowest BCUT2D eigenvalue weighted by molar-refractivity contribution is 0.456. The number of rotatable bonds is 14. The van der Waals surface area contributed by atoms with E-state index in [0.29, 0.717) is 5.92 Å². The molecule has 5 aromatic carbocycles. The number of benzene rings is 5. The molecule has 0 N–H and O–H groups in total. The van der Waals surface area contributed by atoms with E-state index in [1.165, 1.54) is 70.7 Å². The van der Waals surface area contributed by atoms with Crippen LogP contribution < -0.4 is 5.19 Å². The third-order valence-corrected chi connectivity index (χ3v) is 14.1. The molecule has 240 valence electrons. The highest BCUT2D eigenvalue weighted by Crippen LogP contribution is 2.40. The lowest BCUT2D eigenvalue weighted by atomic mass is 9.87. The van der Waals surface area contributed by atoms with Crippen molar-refractivity contribution in [1.29, 1.82) is 0 Å². The van der Waals surface area contributed by atoms with Crippen LogP contribution in [0.4, 0.5) is 0 Å². The van der Waals surface area contributed by atoms with Gasteiger partial charge in [-0.25, -0.2) is 0 Å². The Morgan fingerprint density at radius 3 is 1.55 bits per heavy atom. The summed E-state index contributed by atoms with van der Waals surface area (Å²) >= 11 is 7.30. The molecule has 5 aromatic rings. The zero-order valence-electron chi connectivity index (χ0n) is 27.9. The number of halogens is 2. The smallest absolute Gasteiger partial charge is 0.0840 e. The predicted octanol–water partition coefficient (Wildman–Crippen LogP) is 12.8. The minimum absolute atomic E-state index is 0.152. The van der Waals surface area contributed by atoms with Crippen molar-refractivity contribution in [2.45, 2.75) is 57.9 Å². The molecule has 2 atom stereocenters. The first-order chi connectivity index (χ1) is 22.8. The number of hydrogen-bond donors (Lipinski definition) is 0. The molecule has 0 saturated carbocycles. The summed E-state index contributed by atoms with van der Waals surface area (Å²) in [5.41, 5.74) is 10.5. The Labute approximate surface area is 301 Å². The van der Waals surface area contributed by atoms with Crippen LogP contribution in [0.25, 0.3) is 11.1 Å². The molecule has 0 aliphatic rings. The lowest BCUT2D eigenvalue weighted by Crippen LogP contribution is -2.39. The Morgan fingerprint density at radius 1 is 0.596 bits per heavy atom. The first kappa shape index (κ1) is 35.1. The van der Waals surface area contributed by atoms with E-state index in [9.17, 15) is 0 Å². The molecule has 0 spiro atoms. The van der Waals surface area contributed by atoms with Crippen molar-refractivity contribution in [3.8, 4) is 0 Å². The molecule has 0 nitrogen and oxygen atoms in total. The van der Waals surface area contributed by atoms with Crippen molar-refractivity contribution >= 4 is 57.0 Å². The molecule has 0 heterocycles. The normalized spacial score (nSPS) is 13.7. The van der Waals surface area contributed by atoms with Crippen molar-refractivity contribution in [3.05, 3.63) is 183 Å². The van der Waals surface area contributed by atoms with Gasteiger partial charge >= 0.3 is 0 Å². The minimum Gasteiger partial charge on any atom is -0.0840 e. The van der Waals surface area contributed by atoms with E-state index in [4.69, 9.17) is 0 Å². The van der Waals surface area contributed by atoms with Crippen LogP contribution in [0.2, 0.25) is 5.04 Å². The number of hydrogen-bond acceptors (Lipinski definition) is 0. The second-order valence-electron chi connectivity index (χ2n) is 13.2. The van der Waals surface area contributed by atoms with Crippen LogP contribution in [-0.4, -0.2) is 8.80 Å². The summed E-state index contributed by atoms with van der Waals surface area (Å²) in [7, 11) is -1.66. The van der Waals surface area contributed by atoms with E-state index in [0.717, 1.165) is 8.95 Å². The van der Waals surface area contributed by atoms with Crippen LogP contribution >= 0.6 is 31.9 Å². The largest absolute Gasteiger partial charge is 0.100 e. The van der Waals surface area contributed by atoms with Gasteiger partial charge in [-0.15, -0.1) is 0 Å². The molecule has 0 amide bonds. The molecule has 47 heavy (non-hydrogen) atoms. The van der Waals surface area contributed by atoms with Crippen molar-refractivity contribution in [3.63, 3.8) is 0 Å². The standard InChI is InChI=1S/C44H46Br2Si/c1-4-5-15-34(32-42(35-16-9-6-10-17-35)37-22-26-39(45)27-23-37)30-31-44(2,3)47(41-20-13-8-14-21-41)33-43(36-18-11-7-12-19-36)38-24-28-40(46)29-25-38/h6-14,16-29,32-34,47H,4-5,15,30-31H2,1-3H3. The van der Waals surface area contributed by atoms with Gasteiger partial charge in [0, 0.05) is 8.95 Å². The maximum Gasteiger partial charge on any atom is 0.100 e. The summed E-state index contributed by atoms with van der Waals surface area (Å²) in [5.74, 6) is 0.502. The zero-order valence-corrected chi connectivity index (χ0v) is 32.2. The van der Waals surface area contributed by atoms with E-state index in [1.807, 2.05) is 0 Å². The summed E-state index contributed by atoms with van der Waals surface area (Å²) < 4.78 is 2.22. The minimum atomic E-state index is -1.66. The molecule has 0 aromatic heterocycles. The summed E-state index contributed by atoms with van der Waals surface area (Å²) in [6.45, 7) is 7.38. The molecule has 3 heteroatoms. The van der Waals surface area contributed by atoms with Crippen LogP contribution in [0.3, 0.4) is 0 Å².